The fraction of sp³-hybridized carbons (Fsp3) is 0.632. The minimum Gasteiger partial charge on any atom is -0.344 e. The SMILES string of the molecule is CCn1c(SCC(=O)Nc2nc(C)c(C(=O)N(C)C)s2)nnc1C1CCCCC1. The van der Waals surface area contributed by atoms with Gasteiger partial charge in [0, 0.05) is 26.6 Å². The van der Waals surface area contributed by atoms with E-state index in [1.54, 1.807) is 21.0 Å². The third kappa shape index (κ3) is 5.16. The first-order valence-corrected chi connectivity index (χ1v) is 11.8. The summed E-state index contributed by atoms with van der Waals surface area (Å²) in [6.45, 7) is 4.65. The molecule has 2 aromatic heterocycles. The molecule has 0 spiro atoms. The number of nitrogens with zero attached hydrogens (tertiary/aromatic N) is 5. The summed E-state index contributed by atoms with van der Waals surface area (Å²) in [4.78, 5) is 30.9. The molecule has 10 heteroatoms. The summed E-state index contributed by atoms with van der Waals surface area (Å²) in [6.07, 6.45) is 6.13. The molecule has 1 N–H and O–H groups in total. The van der Waals surface area contributed by atoms with Gasteiger partial charge in [-0.25, -0.2) is 4.98 Å². The number of rotatable bonds is 7. The maximum atomic E-state index is 12.4. The van der Waals surface area contributed by atoms with Gasteiger partial charge in [-0.05, 0) is 26.7 Å². The van der Waals surface area contributed by atoms with Crippen molar-refractivity contribution < 1.29 is 9.59 Å². The standard InChI is InChI=1S/C19H28N6O2S2/c1-5-25-16(13-9-7-6-8-10-13)22-23-19(25)28-11-14(26)21-18-20-12(2)15(29-18)17(27)24(3)4/h13H,5-11H2,1-4H3,(H,20,21,26). The highest BCUT2D eigenvalue weighted by molar-refractivity contribution is 7.99. The van der Waals surface area contributed by atoms with E-state index < -0.39 is 0 Å². The van der Waals surface area contributed by atoms with Gasteiger partial charge in [0.1, 0.15) is 10.7 Å². The number of hydrogen-bond acceptors (Lipinski definition) is 7. The first-order chi connectivity index (χ1) is 13.9. The molecule has 0 saturated heterocycles. The Hall–Kier alpha value is -1.94. The number of carbonyl (C=O) groups is 2. The summed E-state index contributed by atoms with van der Waals surface area (Å²) in [5, 5.41) is 12.8. The Bertz CT molecular complexity index is 870. The molecule has 0 aromatic carbocycles. The second kappa shape index (κ2) is 9.71. The van der Waals surface area contributed by atoms with Gasteiger partial charge in [0.05, 0.1) is 11.4 Å². The largest absolute Gasteiger partial charge is 0.344 e. The zero-order valence-corrected chi connectivity index (χ0v) is 19.0. The van der Waals surface area contributed by atoms with Gasteiger partial charge in [0.2, 0.25) is 5.91 Å². The number of carbonyl (C=O) groups excluding carboxylic acids is 2. The van der Waals surface area contributed by atoms with Crippen molar-refractivity contribution in [3.63, 3.8) is 0 Å². The van der Waals surface area contributed by atoms with E-state index >= 15 is 0 Å². The van der Waals surface area contributed by atoms with Crippen LogP contribution >= 0.6 is 23.1 Å². The Morgan fingerprint density at radius 2 is 1.97 bits per heavy atom. The minimum absolute atomic E-state index is 0.110. The molecule has 8 nitrogen and oxygen atoms in total. The second-order valence-corrected chi connectivity index (χ2v) is 9.33. The van der Waals surface area contributed by atoms with E-state index in [0.717, 1.165) is 17.5 Å². The van der Waals surface area contributed by atoms with Crippen molar-refractivity contribution >= 4 is 40.0 Å². The molecular formula is C19H28N6O2S2. The van der Waals surface area contributed by atoms with Crippen LogP contribution in [0.15, 0.2) is 5.16 Å². The quantitative estimate of drug-likeness (QED) is 0.667. The molecule has 1 fully saturated rings. The predicted molar refractivity (Wildman–Crippen MR) is 116 cm³/mol. The number of aryl methyl sites for hydroxylation is 1. The highest BCUT2D eigenvalue weighted by atomic mass is 32.2. The van der Waals surface area contributed by atoms with E-state index in [0.29, 0.717) is 21.6 Å². The van der Waals surface area contributed by atoms with E-state index in [1.165, 1.54) is 60.1 Å². The fourth-order valence-electron chi connectivity index (χ4n) is 3.50. The number of aromatic nitrogens is 4. The molecule has 0 aliphatic heterocycles. The summed E-state index contributed by atoms with van der Waals surface area (Å²) in [6, 6.07) is 0. The van der Waals surface area contributed by atoms with Gasteiger partial charge in [-0.2, -0.15) is 0 Å². The third-order valence-corrected chi connectivity index (χ3v) is 7.04. The molecule has 1 saturated carbocycles. The van der Waals surface area contributed by atoms with Crippen molar-refractivity contribution in [1.82, 2.24) is 24.6 Å². The average molecular weight is 437 g/mol. The van der Waals surface area contributed by atoms with Gasteiger partial charge >= 0.3 is 0 Å². The highest BCUT2D eigenvalue weighted by Gasteiger charge is 2.23. The number of hydrogen-bond donors (Lipinski definition) is 1. The molecule has 1 aliphatic rings. The maximum Gasteiger partial charge on any atom is 0.265 e. The number of anilines is 1. The molecule has 2 amide bonds. The Labute approximate surface area is 179 Å². The van der Waals surface area contributed by atoms with Crippen molar-refractivity contribution in [3.8, 4) is 0 Å². The second-order valence-electron chi connectivity index (χ2n) is 7.39. The fourth-order valence-corrected chi connectivity index (χ4v) is 5.32. The zero-order chi connectivity index (χ0) is 21.0. The third-order valence-electron chi connectivity index (χ3n) is 5.01. The Morgan fingerprint density at radius 1 is 1.24 bits per heavy atom. The highest BCUT2D eigenvalue weighted by Crippen LogP contribution is 2.33. The van der Waals surface area contributed by atoms with Crippen LogP contribution in [0.4, 0.5) is 5.13 Å². The predicted octanol–water partition coefficient (Wildman–Crippen LogP) is 3.54. The molecule has 29 heavy (non-hydrogen) atoms. The minimum atomic E-state index is -0.169. The van der Waals surface area contributed by atoms with Crippen molar-refractivity contribution in [2.75, 3.05) is 25.2 Å². The molecule has 0 atom stereocenters. The van der Waals surface area contributed by atoms with E-state index in [9.17, 15) is 9.59 Å². The summed E-state index contributed by atoms with van der Waals surface area (Å²) in [5.41, 5.74) is 0.625. The van der Waals surface area contributed by atoms with Gasteiger partial charge in [0.15, 0.2) is 10.3 Å². The van der Waals surface area contributed by atoms with Crippen LogP contribution in [0.5, 0.6) is 0 Å². The summed E-state index contributed by atoms with van der Waals surface area (Å²) in [5.74, 6) is 1.47. The van der Waals surface area contributed by atoms with Gasteiger partial charge in [-0.15, -0.1) is 10.2 Å². The Balaban J connectivity index is 1.60. The molecule has 2 aromatic rings. The molecule has 2 heterocycles. The average Bonchev–Trinajstić information content (AvgIpc) is 3.29. The van der Waals surface area contributed by atoms with Gasteiger partial charge in [-0.3, -0.25) is 9.59 Å². The first kappa shape index (κ1) is 21.8. The smallest absolute Gasteiger partial charge is 0.265 e. The molecule has 1 aliphatic carbocycles. The topological polar surface area (TPSA) is 93.0 Å². The van der Waals surface area contributed by atoms with Crippen LogP contribution in [0.3, 0.4) is 0 Å². The maximum absolute atomic E-state index is 12.4. The van der Waals surface area contributed by atoms with Crippen molar-refractivity contribution in [2.45, 2.75) is 63.6 Å². The lowest BCUT2D eigenvalue weighted by atomic mass is 9.89. The van der Waals surface area contributed by atoms with Crippen LogP contribution in [0.25, 0.3) is 0 Å². The summed E-state index contributed by atoms with van der Waals surface area (Å²) in [7, 11) is 3.39. The molecular weight excluding hydrogens is 408 g/mol. The lowest BCUT2D eigenvalue weighted by molar-refractivity contribution is -0.113. The lowest BCUT2D eigenvalue weighted by Gasteiger charge is -2.21. The number of amides is 2. The Morgan fingerprint density at radius 3 is 2.62 bits per heavy atom. The zero-order valence-electron chi connectivity index (χ0n) is 17.4. The van der Waals surface area contributed by atoms with Crippen LogP contribution in [-0.2, 0) is 11.3 Å². The van der Waals surface area contributed by atoms with Gasteiger partial charge < -0.3 is 14.8 Å². The molecule has 158 valence electrons. The first-order valence-electron chi connectivity index (χ1n) is 9.95. The van der Waals surface area contributed by atoms with Crippen molar-refractivity contribution in [3.05, 3.63) is 16.4 Å². The van der Waals surface area contributed by atoms with Gasteiger partial charge in [0.25, 0.3) is 5.91 Å². The number of nitrogens with one attached hydrogen (secondary N) is 1. The van der Waals surface area contributed by atoms with E-state index in [2.05, 4.69) is 32.0 Å². The monoisotopic (exact) mass is 436 g/mol. The molecule has 0 bridgehead atoms. The summed E-state index contributed by atoms with van der Waals surface area (Å²) < 4.78 is 2.13. The Kier molecular flexibility index (Phi) is 7.28. The van der Waals surface area contributed by atoms with Crippen LogP contribution in [0.1, 0.15) is 66.1 Å². The number of thiazole rings is 1. The van der Waals surface area contributed by atoms with Gasteiger partial charge in [-0.1, -0.05) is 42.4 Å². The molecule has 0 unspecified atom stereocenters. The molecule has 0 radical (unpaired) electrons. The molecule has 3 rings (SSSR count). The van der Waals surface area contributed by atoms with E-state index in [4.69, 9.17) is 0 Å². The van der Waals surface area contributed by atoms with E-state index in [-0.39, 0.29) is 17.6 Å². The van der Waals surface area contributed by atoms with Crippen LogP contribution in [0, 0.1) is 6.92 Å². The van der Waals surface area contributed by atoms with E-state index in [1.807, 2.05) is 0 Å². The van der Waals surface area contributed by atoms with Crippen LogP contribution in [-0.4, -0.2) is 56.3 Å². The van der Waals surface area contributed by atoms with Crippen molar-refractivity contribution in [2.24, 2.45) is 0 Å². The van der Waals surface area contributed by atoms with Crippen molar-refractivity contribution in [1.29, 1.82) is 0 Å². The lowest BCUT2D eigenvalue weighted by Crippen LogP contribution is -2.21. The van der Waals surface area contributed by atoms with Crippen LogP contribution < -0.4 is 5.32 Å². The normalized spacial score (nSPS) is 14.8. The number of thioether (sulfide) groups is 1. The summed E-state index contributed by atoms with van der Waals surface area (Å²) >= 11 is 2.58. The van der Waals surface area contributed by atoms with Crippen LogP contribution in [0.2, 0.25) is 0 Å².